The second-order valence-electron chi connectivity index (χ2n) is 9.94. The van der Waals surface area contributed by atoms with Gasteiger partial charge in [-0.05, 0) is 61.8 Å². The molecule has 3 aromatic rings. The van der Waals surface area contributed by atoms with Crippen molar-refractivity contribution in [3.8, 4) is 0 Å². The van der Waals surface area contributed by atoms with Gasteiger partial charge in [-0.25, -0.2) is 0 Å². The summed E-state index contributed by atoms with van der Waals surface area (Å²) in [6, 6.07) is 12.8. The van der Waals surface area contributed by atoms with Crippen molar-refractivity contribution < 1.29 is 4.79 Å². The summed E-state index contributed by atoms with van der Waals surface area (Å²) in [5.74, 6) is 0.758. The topological polar surface area (TPSA) is 51.4 Å². The number of H-pyrrole nitrogens is 1. The van der Waals surface area contributed by atoms with Crippen molar-refractivity contribution in [1.29, 1.82) is 0 Å². The third kappa shape index (κ3) is 5.18. The number of fused-ring (bicyclic) bond motifs is 1. The molecule has 0 bridgehead atoms. The average molecular weight is 467 g/mol. The summed E-state index contributed by atoms with van der Waals surface area (Å²) in [5.41, 5.74) is 2.54. The average Bonchev–Trinajstić information content (AvgIpc) is 3.48. The number of hydrogen-bond acceptors (Lipinski definition) is 4. The predicted molar refractivity (Wildman–Crippen MR) is 139 cm³/mol. The van der Waals surface area contributed by atoms with Crippen LogP contribution >= 0.6 is 11.3 Å². The van der Waals surface area contributed by atoms with Gasteiger partial charge in [0.1, 0.15) is 0 Å². The van der Waals surface area contributed by atoms with Crippen LogP contribution in [-0.4, -0.2) is 61.0 Å². The van der Waals surface area contributed by atoms with Gasteiger partial charge in [0.25, 0.3) is 0 Å². The Kier molecular flexibility index (Phi) is 7.57. The summed E-state index contributed by atoms with van der Waals surface area (Å²) in [6.07, 6.45) is 4.87. The molecule has 3 heterocycles. The number of carbonyl (C=O) groups is 1. The summed E-state index contributed by atoms with van der Waals surface area (Å²) in [4.78, 5) is 22.6. The molecule has 2 aromatic heterocycles. The molecule has 2 N–H and O–H groups in total. The van der Waals surface area contributed by atoms with Crippen LogP contribution in [-0.2, 0) is 10.3 Å². The van der Waals surface area contributed by atoms with Crippen molar-refractivity contribution in [1.82, 2.24) is 20.1 Å². The molecule has 1 saturated heterocycles. The molecule has 0 aliphatic carbocycles. The number of rotatable bonds is 9. The smallest absolute Gasteiger partial charge is 0.220 e. The van der Waals surface area contributed by atoms with Gasteiger partial charge < -0.3 is 15.2 Å². The van der Waals surface area contributed by atoms with Crippen LogP contribution < -0.4 is 5.32 Å². The Morgan fingerprint density at radius 3 is 2.61 bits per heavy atom. The third-order valence-corrected chi connectivity index (χ3v) is 8.56. The van der Waals surface area contributed by atoms with Crippen LogP contribution in [0.3, 0.4) is 0 Å². The van der Waals surface area contributed by atoms with Crippen LogP contribution in [0.15, 0.2) is 48.0 Å². The van der Waals surface area contributed by atoms with E-state index in [1.807, 2.05) is 17.4 Å². The molecule has 1 aromatic carbocycles. The van der Waals surface area contributed by atoms with Crippen molar-refractivity contribution >= 4 is 28.1 Å². The first-order valence-corrected chi connectivity index (χ1v) is 13.0. The molecule has 4 rings (SSSR count). The summed E-state index contributed by atoms with van der Waals surface area (Å²) in [5, 5.41) is 6.61. The highest BCUT2D eigenvalue weighted by atomic mass is 32.1. The minimum atomic E-state index is 0.150. The molecule has 33 heavy (non-hydrogen) atoms. The lowest BCUT2D eigenvalue weighted by Gasteiger charge is -2.45. The van der Waals surface area contributed by atoms with Gasteiger partial charge in [0.15, 0.2) is 0 Å². The fourth-order valence-electron chi connectivity index (χ4n) is 5.33. The molecule has 1 unspecified atom stereocenters. The van der Waals surface area contributed by atoms with Crippen LogP contribution in [0.5, 0.6) is 0 Å². The number of piperidine rings is 1. The SMILES string of the molecule is CC(C)C(CC(=O)NCCN1CCC(c2cccs2)(N(C)C)CC1)c1c[nH]c2ccccc12. The number of nitrogens with zero attached hydrogens (tertiary/aromatic N) is 2. The normalized spacial score (nSPS) is 17.6. The van der Waals surface area contributed by atoms with Gasteiger partial charge in [-0.2, -0.15) is 0 Å². The molecule has 178 valence electrons. The molecule has 1 aliphatic rings. The molecule has 6 heteroatoms. The maximum absolute atomic E-state index is 12.8. The van der Waals surface area contributed by atoms with Gasteiger partial charge in [-0.15, -0.1) is 11.3 Å². The number of para-hydroxylation sites is 1. The van der Waals surface area contributed by atoms with Crippen LogP contribution in [0.4, 0.5) is 0 Å². The first kappa shape index (κ1) is 24.0. The van der Waals surface area contributed by atoms with Crippen molar-refractivity contribution in [2.45, 2.75) is 44.6 Å². The van der Waals surface area contributed by atoms with Gasteiger partial charge in [0, 0.05) is 54.6 Å². The zero-order valence-electron chi connectivity index (χ0n) is 20.4. The Labute approximate surface area is 202 Å². The molecule has 0 radical (unpaired) electrons. The molecule has 1 amide bonds. The van der Waals surface area contributed by atoms with Gasteiger partial charge in [-0.3, -0.25) is 9.69 Å². The lowest BCUT2D eigenvalue weighted by atomic mass is 9.84. The second-order valence-corrected chi connectivity index (χ2v) is 10.9. The fraction of sp³-hybridized carbons (Fsp3) is 0.519. The molecular weight excluding hydrogens is 428 g/mol. The van der Waals surface area contributed by atoms with E-state index in [4.69, 9.17) is 0 Å². The second kappa shape index (κ2) is 10.4. The Hall–Kier alpha value is -2.15. The van der Waals surface area contributed by atoms with E-state index in [1.165, 1.54) is 15.8 Å². The number of likely N-dealkylation sites (tertiary alicyclic amines) is 1. The maximum Gasteiger partial charge on any atom is 0.220 e. The van der Waals surface area contributed by atoms with Crippen LogP contribution in [0.1, 0.15) is 49.5 Å². The van der Waals surface area contributed by atoms with Crippen molar-refractivity contribution in [2.75, 3.05) is 40.3 Å². The highest BCUT2D eigenvalue weighted by Gasteiger charge is 2.38. The predicted octanol–water partition coefficient (Wildman–Crippen LogP) is 5.03. The number of benzene rings is 1. The van der Waals surface area contributed by atoms with E-state index in [1.54, 1.807) is 0 Å². The van der Waals surface area contributed by atoms with Crippen molar-refractivity contribution in [3.63, 3.8) is 0 Å². The Morgan fingerprint density at radius 1 is 1.18 bits per heavy atom. The van der Waals surface area contributed by atoms with Gasteiger partial charge in [0.2, 0.25) is 5.91 Å². The van der Waals surface area contributed by atoms with Crippen LogP contribution in [0.2, 0.25) is 0 Å². The minimum absolute atomic E-state index is 0.150. The molecule has 1 atom stereocenters. The van der Waals surface area contributed by atoms with Crippen molar-refractivity contribution in [2.24, 2.45) is 5.92 Å². The summed E-state index contributed by atoms with van der Waals surface area (Å²) in [7, 11) is 4.41. The van der Waals surface area contributed by atoms with E-state index in [-0.39, 0.29) is 17.4 Å². The fourth-order valence-corrected chi connectivity index (χ4v) is 6.40. The number of nitrogens with one attached hydrogen (secondary N) is 2. The standard InChI is InChI=1S/C27H38N4OS/c1-20(2)22(23-19-29-24-9-6-5-8-21(23)24)18-26(32)28-13-16-31-14-11-27(12-15-31,30(3)4)25-10-7-17-33-25/h5-10,17,19-20,22,29H,11-16,18H2,1-4H3,(H,28,32). The molecule has 0 spiro atoms. The largest absolute Gasteiger partial charge is 0.361 e. The Morgan fingerprint density at radius 2 is 1.94 bits per heavy atom. The lowest BCUT2D eigenvalue weighted by Crippen LogP contribution is -2.51. The number of hydrogen-bond donors (Lipinski definition) is 2. The Balaban J connectivity index is 1.28. The number of amides is 1. The van der Waals surface area contributed by atoms with E-state index in [0.29, 0.717) is 18.9 Å². The monoisotopic (exact) mass is 466 g/mol. The minimum Gasteiger partial charge on any atom is -0.361 e. The maximum atomic E-state index is 12.8. The molecule has 5 nitrogen and oxygen atoms in total. The van der Waals surface area contributed by atoms with Crippen molar-refractivity contribution in [3.05, 3.63) is 58.4 Å². The first-order chi connectivity index (χ1) is 15.9. The van der Waals surface area contributed by atoms with E-state index in [9.17, 15) is 4.79 Å². The van der Waals surface area contributed by atoms with Gasteiger partial charge in [0.05, 0.1) is 5.54 Å². The first-order valence-electron chi connectivity index (χ1n) is 12.2. The summed E-state index contributed by atoms with van der Waals surface area (Å²) in [6.45, 7) is 8.17. The number of aromatic nitrogens is 1. The van der Waals surface area contributed by atoms with E-state index < -0.39 is 0 Å². The van der Waals surface area contributed by atoms with E-state index in [2.05, 4.69) is 90.0 Å². The van der Waals surface area contributed by atoms with Gasteiger partial charge in [-0.1, -0.05) is 38.1 Å². The highest BCUT2D eigenvalue weighted by molar-refractivity contribution is 7.10. The molecular formula is C27H38N4OS. The molecule has 1 aliphatic heterocycles. The molecule has 1 fully saturated rings. The highest BCUT2D eigenvalue weighted by Crippen LogP contribution is 2.39. The Bertz CT molecular complexity index is 1030. The van der Waals surface area contributed by atoms with E-state index in [0.717, 1.165) is 38.0 Å². The lowest BCUT2D eigenvalue weighted by molar-refractivity contribution is -0.121. The third-order valence-electron chi connectivity index (χ3n) is 7.50. The number of thiophene rings is 1. The quantitative estimate of drug-likeness (QED) is 0.465. The zero-order chi connectivity index (χ0) is 23.4. The number of aromatic amines is 1. The van der Waals surface area contributed by atoms with Crippen LogP contribution in [0.25, 0.3) is 10.9 Å². The zero-order valence-corrected chi connectivity index (χ0v) is 21.3. The molecule has 0 saturated carbocycles. The van der Waals surface area contributed by atoms with Gasteiger partial charge >= 0.3 is 0 Å². The van der Waals surface area contributed by atoms with E-state index >= 15 is 0 Å². The number of carbonyl (C=O) groups excluding carboxylic acids is 1. The summed E-state index contributed by atoms with van der Waals surface area (Å²) >= 11 is 1.87. The summed E-state index contributed by atoms with van der Waals surface area (Å²) < 4.78 is 0. The van der Waals surface area contributed by atoms with Crippen LogP contribution in [0, 0.1) is 5.92 Å².